The minimum atomic E-state index is -0.168. The van der Waals surface area contributed by atoms with Gasteiger partial charge in [-0.3, -0.25) is 4.79 Å². The van der Waals surface area contributed by atoms with E-state index in [2.05, 4.69) is 10.3 Å². The lowest BCUT2D eigenvalue weighted by atomic mass is 10.0. The lowest BCUT2D eigenvalue weighted by molar-refractivity contribution is 0.0945. The number of nitrogens with zero attached hydrogens (tertiary/aromatic N) is 2. The molecule has 0 atom stereocenters. The Morgan fingerprint density at radius 2 is 1.95 bits per heavy atom. The van der Waals surface area contributed by atoms with Crippen molar-refractivity contribution in [2.75, 3.05) is 34.3 Å². The molecule has 0 aliphatic rings. The maximum atomic E-state index is 12.3. The number of hydrogen-bond acceptors (Lipinski definition) is 4. The Morgan fingerprint density at radius 1 is 1.29 bits per heavy atom. The van der Waals surface area contributed by atoms with Gasteiger partial charge in [-0.05, 0) is 38.0 Å². The van der Waals surface area contributed by atoms with Crippen LogP contribution in [-0.4, -0.2) is 50.1 Å². The lowest BCUT2D eigenvalue weighted by Crippen LogP contribution is -2.32. The number of carbonyl (C=O) groups excluding carboxylic acids is 1. The molecule has 5 heteroatoms. The van der Waals surface area contributed by atoms with Crippen LogP contribution < -0.4 is 10.1 Å². The minimum absolute atomic E-state index is 0.168. The van der Waals surface area contributed by atoms with Crippen LogP contribution in [0.2, 0.25) is 0 Å². The first kappa shape index (κ1) is 15.3. The first-order valence-electron chi connectivity index (χ1n) is 6.91. The highest BCUT2D eigenvalue weighted by Gasteiger charge is 2.16. The molecule has 112 valence electrons. The number of aromatic nitrogens is 1. The Kier molecular flexibility index (Phi) is 4.75. The van der Waals surface area contributed by atoms with Crippen molar-refractivity contribution in [3.05, 3.63) is 35.5 Å². The molecule has 1 N–H and O–H groups in total. The van der Waals surface area contributed by atoms with Gasteiger partial charge in [0.15, 0.2) is 0 Å². The minimum Gasteiger partial charge on any atom is -0.481 e. The second-order valence-corrected chi connectivity index (χ2v) is 5.20. The van der Waals surface area contributed by atoms with Crippen molar-refractivity contribution in [3.63, 3.8) is 0 Å². The zero-order valence-electron chi connectivity index (χ0n) is 12.9. The summed E-state index contributed by atoms with van der Waals surface area (Å²) in [4.78, 5) is 18.7. The van der Waals surface area contributed by atoms with Crippen LogP contribution in [0.1, 0.15) is 16.1 Å². The van der Waals surface area contributed by atoms with Gasteiger partial charge >= 0.3 is 0 Å². The van der Waals surface area contributed by atoms with Gasteiger partial charge in [0, 0.05) is 18.5 Å². The summed E-state index contributed by atoms with van der Waals surface area (Å²) in [6.07, 6.45) is 0. The van der Waals surface area contributed by atoms with Gasteiger partial charge in [-0.25, -0.2) is 4.98 Å². The molecular weight excluding hydrogens is 266 g/mol. The average molecular weight is 287 g/mol. The first-order chi connectivity index (χ1) is 10.0. The fourth-order valence-corrected chi connectivity index (χ4v) is 2.22. The van der Waals surface area contributed by atoms with Crippen LogP contribution in [0.15, 0.2) is 24.3 Å². The molecule has 2 aromatic rings. The Bertz CT molecular complexity index is 653. The second kappa shape index (κ2) is 6.54. The quantitative estimate of drug-likeness (QED) is 0.912. The maximum Gasteiger partial charge on any atom is 0.270 e. The molecule has 0 aliphatic carbocycles. The van der Waals surface area contributed by atoms with Crippen molar-refractivity contribution in [1.82, 2.24) is 15.2 Å². The van der Waals surface area contributed by atoms with Crippen LogP contribution in [0.25, 0.3) is 10.8 Å². The Hall–Kier alpha value is -2.14. The lowest BCUT2D eigenvalue weighted by Gasteiger charge is -2.13. The Balaban J connectivity index is 2.35. The van der Waals surface area contributed by atoms with Gasteiger partial charge in [0.25, 0.3) is 5.91 Å². The zero-order chi connectivity index (χ0) is 15.4. The molecule has 2 rings (SSSR count). The zero-order valence-corrected chi connectivity index (χ0v) is 12.9. The molecule has 21 heavy (non-hydrogen) atoms. The van der Waals surface area contributed by atoms with E-state index in [0.29, 0.717) is 18.1 Å². The smallest absolute Gasteiger partial charge is 0.270 e. The number of ether oxygens (including phenoxy) is 1. The third-order valence-corrected chi connectivity index (χ3v) is 3.38. The van der Waals surface area contributed by atoms with E-state index >= 15 is 0 Å². The summed E-state index contributed by atoms with van der Waals surface area (Å²) in [6, 6.07) is 7.80. The summed E-state index contributed by atoms with van der Waals surface area (Å²) in [5, 5.41) is 4.80. The number of rotatable bonds is 5. The van der Waals surface area contributed by atoms with Gasteiger partial charge < -0.3 is 15.0 Å². The molecule has 1 aromatic heterocycles. The molecular formula is C16H21N3O2. The van der Waals surface area contributed by atoms with E-state index in [9.17, 15) is 4.79 Å². The van der Waals surface area contributed by atoms with Crippen molar-refractivity contribution < 1.29 is 9.53 Å². The molecule has 0 bridgehead atoms. The van der Waals surface area contributed by atoms with Gasteiger partial charge in [-0.1, -0.05) is 18.2 Å². The highest BCUT2D eigenvalue weighted by molar-refractivity contribution is 6.00. The number of aryl methyl sites for hydroxylation is 1. The topological polar surface area (TPSA) is 54.5 Å². The van der Waals surface area contributed by atoms with E-state index in [1.807, 2.05) is 50.2 Å². The fourth-order valence-electron chi connectivity index (χ4n) is 2.22. The summed E-state index contributed by atoms with van der Waals surface area (Å²) >= 11 is 0. The van der Waals surface area contributed by atoms with Crippen LogP contribution in [0, 0.1) is 6.92 Å². The molecule has 1 aromatic carbocycles. The van der Waals surface area contributed by atoms with E-state index < -0.39 is 0 Å². The Labute approximate surface area is 124 Å². The summed E-state index contributed by atoms with van der Waals surface area (Å²) in [6.45, 7) is 3.28. The molecule has 0 radical (unpaired) electrons. The van der Waals surface area contributed by atoms with Crippen LogP contribution >= 0.6 is 0 Å². The van der Waals surface area contributed by atoms with Crippen molar-refractivity contribution >= 4 is 16.7 Å². The Morgan fingerprint density at radius 3 is 2.57 bits per heavy atom. The van der Waals surface area contributed by atoms with E-state index in [1.54, 1.807) is 7.11 Å². The predicted molar refractivity (Wildman–Crippen MR) is 83.9 cm³/mol. The summed E-state index contributed by atoms with van der Waals surface area (Å²) in [7, 11) is 5.50. The van der Waals surface area contributed by atoms with Crippen molar-refractivity contribution in [2.24, 2.45) is 0 Å². The average Bonchev–Trinajstić information content (AvgIpc) is 2.47. The number of likely N-dealkylation sites (N-methyl/N-ethyl adjacent to an activating group) is 1. The summed E-state index contributed by atoms with van der Waals surface area (Å²) in [5.74, 6) is 0.312. The number of methoxy groups -OCH3 is 1. The number of amides is 1. The number of hydrogen-bond donors (Lipinski definition) is 1. The van der Waals surface area contributed by atoms with Crippen LogP contribution in [0.4, 0.5) is 0 Å². The molecule has 0 saturated carbocycles. The highest BCUT2D eigenvalue weighted by Crippen LogP contribution is 2.27. The highest BCUT2D eigenvalue weighted by atomic mass is 16.5. The normalized spacial score (nSPS) is 10.9. The van der Waals surface area contributed by atoms with Gasteiger partial charge in [0.1, 0.15) is 5.69 Å². The number of benzene rings is 1. The van der Waals surface area contributed by atoms with Gasteiger partial charge in [0.2, 0.25) is 5.88 Å². The number of fused-ring (bicyclic) bond motifs is 1. The van der Waals surface area contributed by atoms with E-state index in [-0.39, 0.29) is 5.91 Å². The third kappa shape index (κ3) is 3.31. The second-order valence-electron chi connectivity index (χ2n) is 5.20. The molecule has 1 amide bonds. The van der Waals surface area contributed by atoms with Crippen molar-refractivity contribution in [1.29, 1.82) is 0 Å². The summed E-state index contributed by atoms with van der Waals surface area (Å²) in [5.41, 5.74) is 1.29. The van der Waals surface area contributed by atoms with Crippen LogP contribution in [0.5, 0.6) is 5.88 Å². The van der Waals surface area contributed by atoms with Gasteiger partial charge in [0.05, 0.1) is 7.11 Å². The van der Waals surface area contributed by atoms with Crippen LogP contribution in [-0.2, 0) is 0 Å². The fraction of sp³-hybridized carbons (Fsp3) is 0.375. The third-order valence-electron chi connectivity index (χ3n) is 3.38. The molecule has 5 nitrogen and oxygen atoms in total. The maximum absolute atomic E-state index is 12.3. The van der Waals surface area contributed by atoms with Gasteiger partial charge in [-0.2, -0.15) is 0 Å². The summed E-state index contributed by atoms with van der Waals surface area (Å²) < 4.78 is 5.32. The van der Waals surface area contributed by atoms with Crippen LogP contribution in [0.3, 0.4) is 0 Å². The standard InChI is InChI=1S/C16H21N3O2/c1-11-12-7-5-6-8-13(12)16(21-4)18-14(11)15(20)17-9-10-19(2)3/h5-8H,9-10H2,1-4H3,(H,17,20). The van der Waals surface area contributed by atoms with Crippen molar-refractivity contribution in [2.45, 2.75) is 6.92 Å². The van der Waals surface area contributed by atoms with Crippen molar-refractivity contribution in [3.8, 4) is 5.88 Å². The molecule has 1 heterocycles. The molecule has 0 spiro atoms. The van der Waals surface area contributed by atoms with E-state index in [1.165, 1.54) is 0 Å². The number of nitrogens with one attached hydrogen (secondary N) is 1. The molecule has 0 fully saturated rings. The molecule has 0 saturated heterocycles. The number of pyridine rings is 1. The first-order valence-corrected chi connectivity index (χ1v) is 6.91. The number of carbonyl (C=O) groups is 1. The SMILES string of the molecule is COc1nc(C(=O)NCCN(C)C)c(C)c2ccccc12. The van der Waals surface area contributed by atoms with Gasteiger partial charge in [-0.15, -0.1) is 0 Å². The molecule has 0 unspecified atom stereocenters. The molecule has 0 aliphatic heterocycles. The predicted octanol–water partition coefficient (Wildman–Crippen LogP) is 1.84. The monoisotopic (exact) mass is 287 g/mol. The van der Waals surface area contributed by atoms with E-state index in [4.69, 9.17) is 4.74 Å². The van der Waals surface area contributed by atoms with E-state index in [0.717, 1.165) is 22.9 Å². The largest absolute Gasteiger partial charge is 0.481 e.